The number of rotatable bonds is 4. The second-order valence-corrected chi connectivity index (χ2v) is 6.50. The average molecular weight is 338 g/mol. The predicted octanol–water partition coefficient (Wildman–Crippen LogP) is 4.41. The molecule has 0 aliphatic heterocycles. The van der Waals surface area contributed by atoms with Gasteiger partial charge < -0.3 is 14.5 Å². The molecule has 108 valence electrons. The fraction of sp³-hybridized carbons (Fsp3) is 0.500. The highest BCUT2D eigenvalue weighted by Gasteiger charge is 2.26. The zero-order valence-corrected chi connectivity index (χ0v) is 13.4. The molecule has 1 heterocycles. The highest BCUT2D eigenvalue weighted by atomic mass is 79.9. The molecule has 3 atom stereocenters. The van der Waals surface area contributed by atoms with Crippen molar-refractivity contribution < 1.29 is 9.15 Å². The summed E-state index contributed by atoms with van der Waals surface area (Å²) in [7, 11) is 1.80. The number of ether oxygens (including phenoxy) is 1. The zero-order valence-electron chi connectivity index (χ0n) is 11.9. The van der Waals surface area contributed by atoms with Crippen LogP contribution in [-0.4, -0.2) is 19.3 Å². The highest BCUT2D eigenvalue weighted by Crippen LogP contribution is 2.29. The number of methoxy groups -OCH3 is 1. The van der Waals surface area contributed by atoms with Crippen LogP contribution in [0.2, 0.25) is 0 Å². The van der Waals surface area contributed by atoms with E-state index >= 15 is 0 Å². The number of hydrogen-bond donors (Lipinski definition) is 1. The van der Waals surface area contributed by atoms with E-state index < -0.39 is 0 Å². The van der Waals surface area contributed by atoms with E-state index in [1.165, 1.54) is 6.42 Å². The van der Waals surface area contributed by atoms with Gasteiger partial charge in [0.1, 0.15) is 11.3 Å². The van der Waals surface area contributed by atoms with E-state index in [-0.39, 0.29) is 6.04 Å². The summed E-state index contributed by atoms with van der Waals surface area (Å²) in [6, 6.07) is 8.98. The van der Waals surface area contributed by atoms with E-state index in [1.807, 2.05) is 12.1 Å². The van der Waals surface area contributed by atoms with Crippen molar-refractivity contribution in [1.82, 2.24) is 5.32 Å². The summed E-state index contributed by atoms with van der Waals surface area (Å²) in [4.78, 5) is 0. The maximum absolute atomic E-state index is 5.93. The first-order chi connectivity index (χ1) is 9.65. The van der Waals surface area contributed by atoms with Crippen LogP contribution in [0.1, 0.15) is 38.0 Å². The Morgan fingerprint density at radius 1 is 1.35 bits per heavy atom. The third kappa shape index (κ3) is 2.92. The molecule has 1 aliphatic rings. The number of benzene rings is 1. The SMILES string of the molecule is COC1CCC(NC(C)c2cc3cc(Br)ccc3o2)C1. The molecule has 0 bridgehead atoms. The van der Waals surface area contributed by atoms with Crippen molar-refractivity contribution in [3.63, 3.8) is 0 Å². The first-order valence-electron chi connectivity index (χ1n) is 7.13. The highest BCUT2D eigenvalue weighted by molar-refractivity contribution is 9.10. The molecular formula is C16H20BrNO2. The van der Waals surface area contributed by atoms with Gasteiger partial charge in [-0.1, -0.05) is 15.9 Å². The number of hydrogen-bond acceptors (Lipinski definition) is 3. The van der Waals surface area contributed by atoms with Crippen molar-refractivity contribution in [2.75, 3.05) is 7.11 Å². The second-order valence-electron chi connectivity index (χ2n) is 5.59. The van der Waals surface area contributed by atoms with Gasteiger partial charge in [0, 0.05) is 23.0 Å². The fourth-order valence-electron chi connectivity index (χ4n) is 2.99. The lowest BCUT2D eigenvalue weighted by Crippen LogP contribution is -2.29. The molecule has 3 nitrogen and oxygen atoms in total. The van der Waals surface area contributed by atoms with E-state index in [0.29, 0.717) is 12.1 Å². The summed E-state index contributed by atoms with van der Waals surface area (Å²) in [6.45, 7) is 2.16. The first kappa shape index (κ1) is 14.1. The van der Waals surface area contributed by atoms with Crippen LogP contribution in [-0.2, 0) is 4.74 Å². The lowest BCUT2D eigenvalue weighted by Gasteiger charge is -2.17. The van der Waals surface area contributed by atoms with Gasteiger partial charge >= 0.3 is 0 Å². The summed E-state index contributed by atoms with van der Waals surface area (Å²) in [5, 5.41) is 4.79. The minimum atomic E-state index is 0.224. The maximum Gasteiger partial charge on any atom is 0.134 e. The Bertz CT molecular complexity index is 595. The molecule has 0 saturated heterocycles. The summed E-state index contributed by atoms with van der Waals surface area (Å²) >= 11 is 3.49. The van der Waals surface area contributed by atoms with E-state index in [0.717, 1.165) is 34.0 Å². The van der Waals surface area contributed by atoms with Gasteiger partial charge in [-0.15, -0.1) is 0 Å². The van der Waals surface area contributed by atoms with Crippen LogP contribution in [0.15, 0.2) is 33.2 Å². The van der Waals surface area contributed by atoms with Crippen molar-refractivity contribution in [3.8, 4) is 0 Å². The Hall–Kier alpha value is -0.840. The molecule has 1 fully saturated rings. The number of furan rings is 1. The van der Waals surface area contributed by atoms with Crippen molar-refractivity contribution in [1.29, 1.82) is 0 Å². The molecule has 1 aromatic heterocycles. The van der Waals surface area contributed by atoms with Gasteiger partial charge in [-0.05, 0) is 50.5 Å². The Morgan fingerprint density at radius 2 is 2.20 bits per heavy atom. The lowest BCUT2D eigenvalue weighted by molar-refractivity contribution is 0.106. The Balaban J connectivity index is 1.70. The summed E-state index contributed by atoms with van der Waals surface area (Å²) in [5.74, 6) is 0.999. The van der Waals surface area contributed by atoms with Crippen molar-refractivity contribution >= 4 is 26.9 Å². The van der Waals surface area contributed by atoms with Gasteiger partial charge in [-0.2, -0.15) is 0 Å². The van der Waals surface area contributed by atoms with Crippen molar-refractivity contribution in [2.24, 2.45) is 0 Å². The van der Waals surface area contributed by atoms with Crippen LogP contribution < -0.4 is 5.32 Å². The van der Waals surface area contributed by atoms with Gasteiger partial charge in [0.15, 0.2) is 0 Å². The van der Waals surface area contributed by atoms with Crippen LogP contribution in [0.5, 0.6) is 0 Å². The van der Waals surface area contributed by atoms with Gasteiger partial charge in [-0.3, -0.25) is 0 Å². The normalized spacial score (nSPS) is 24.4. The minimum absolute atomic E-state index is 0.224. The lowest BCUT2D eigenvalue weighted by atomic mass is 10.1. The van der Waals surface area contributed by atoms with E-state index in [1.54, 1.807) is 7.11 Å². The smallest absolute Gasteiger partial charge is 0.134 e. The molecule has 0 amide bonds. The summed E-state index contributed by atoms with van der Waals surface area (Å²) in [5.41, 5.74) is 0.943. The number of halogens is 1. The van der Waals surface area contributed by atoms with Gasteiger partial charge in [-0.25, -0.2) is 0 Å². The Labute approximate surface area is 127 Å². The molecule has 0 spiro atoms. The molecule has 20 heavy (non-hydrogen) atoms. The maximum atomic E-state index is 5.93. The van der Waals surface area contributed by atoms with E-state index in [4.69, 9.17) is 9.15 Å². The fourth-order valence-corrected chi connectivity index (χ4v) is 3.37. The van der Waals surface area contributed by atoms with Gasteiger partial charge in [0.25, 0.3) is 0 Å². The Morgan fingerprint density at radius 3 is 2.95 bits per heavy atom. The van der Waals surface area contributed by atoms with Gasteiger partial charge in [0.2, 0.25) is 0 Å². The predicted molar refractivity (Wildman–Crippen MR) is 83.9 cm³/mol. The Kier molecular flexibility index (Phi) is 4.15. The van der Waals surface area contributed by atoms with Crippen LogP contribution in [0.3, 0.4) is 0 Å². The third-order valence-corrected chi connectivity index (χ3v) is 4.62. The molecule has 0 radical (unpaired) electrons. The molecule has 1 N–H and O–H groups in total. The molecule has 1 saturated carbocycles. The third-order valence-electron chi connectivity index (χ3n) is 4.13. The van der Waals surface area contributed by atoms with Gasteiger partial charge in [0.05, 0.1) is 12.1 Å². The molecule has 2 aromatic rings. The van der Waals surface area contributed by atoms with Crippen LogP contribution in [0.25, 0.3) is 11.0 Å². The van der Waals surface area contributed by atoms with E-state index in [2.05, 4.69) is 40.3 Å². The molecule has 1 aliphatic carbocycles. The van der Waals surface area contributed by atoms with Crippen molar-refractivity contribution in [3.05, 3.63) is 34.5 Å². The average Bonchev–Trinajstić information content (AvgIpc) is 3.04. The molecule has 1 aromatic carbocycles. The number of fused-ring (bicyclic) bond motifs is 1. The van der Waals surface area contributed by atoms with Crippen molar-refractivity contribution in [2.45, 2.75) is 44.4 Å². The minimum Gasteiger partial charge on any atom is -0.459 e. The first-order valence-corrected chi connectivity index (χ1v) is 7.93. The molecule has 3 unspecified atom stereocenters. The monoisotopic (exact) mass is 337 g/mol. The van der Waals surface area contributed by atoms with Crippen LogP contribution in [0, 0.1) is 0 Å². The molecule has 3 rings (SSSR count). The largest absolute Gasteiger partial charge is 0.459 e. The zero-order chi connectivity index (χ0) is 14.1. The van der Waals surface area contributed by atoms with Crippen LogP contribution in [0.4, 0.5) is 0 Å². The quantitative estimate of drug-likeness (QED) is 0.896. The second kappa shape index (κ2) is 5.88. The van der Waals surface area contributed by atoms with Crippen LogP contribution >= 0.6 is 15.9 Å². The molecule has 4 heteroatoms. The number of nitrogens with one attached hydrogen (secondary N) is 1. The topological polar surface area (TPSA) is 34.4 Å². The summed E-state index contributed by atoms with van der Waals surface area (Å²) < 4.78 is 12.4. The molecular weight excluding hydrogens is 318 g/mol. The summed E-state index contributed by atoms with van der Waals surface area (Å²) in [6.07, 6.45) is 3.82. The van der Waals surface area contributed by atoms with E-state index in [9.17, 15) is 0 Å². The standard InChI is InChI=1S/C16H20BrNO2/c1-10(18-13-4-5-14(9-13)19-2)16-8-11-7-12(17)3-6-15(11)20-16/h3,6-8,10,13-14,18H,4-5,9H2,1-2H3.